The summed E-state index contributed by atoms with van der Waals surface area (Å²) in [5.41, 5.74) is 2.58. The van der Waals surface area contributed by atoms with Gasteiger partial charge in [-0.25, -0.2) is 9.78 Å². The molecule has 2 aliphatic rings. The lowest BCUT2D eigenvalue weighted by atomic mass is 9.98. The van der Waals surface area contributed by atoms with Crippen molar-refractivity contribution in [2.24, 2.45) is 5.92 Å². The van der Waals surface area contributed by atoms with Crippen LogP contribution >= 0.6 is 11.3 Å². The van der Waals surface area contributed by atoms with Crippen molar-refractivity contribution < 1.29 is 9.53 Å². The van der Waals surface area contributed by atoms with Crippen LogP contribution in [0.2, 0.25) is 0 Å². The van der Waals surface area contributed by atoms with E-state index in [1.165, 1.54) is 22.5 Å². The fraction of sp³-hybridized carbons (Fsp3) is 0.583. The first kappa shape index (κ1) is 21.3. The number of hydrogen-bond donors (Lipinski definition) is 0. The molecule has 162 valence electrons. The Bertz CT molecular complexity index is 951. The first-order chi connectivity index (χ1) is 14.2. The van der Waals surface area contributed by atoms with Gasteiger partial charge in [0.2, 0.25) is 0 Å². The zero-order valence-electron chi connectivity index (χ0n) is 18.8. The second-order valence-corrected chi connectivity index (χ2v) is 10.9. The quantitative estimate of drug-likeness (QED) is 0.615. The summed E-state index contributed by atoms with van der Waals surface area (Å²) < 4.78 is 6.89. The van der Waals surface area contributed by atoms with Crippen molar-refractivity contribution in [1.29, 1.82) is 0 Å². The van der Waals surface area contributed by atoms with Crippen LogP contribution in [-0.2, 0) is 4.74 Å². The molecule has 4 rings (SSSR count). The van der Waals surface area contributed by atoms with Gasteiger partial charge >= 0.3 is 6.09 Å². The van der Waals surface area contributed by atoms with Crippen molar-refractivity contribution in [3.05, 3.63) is 34.8 Å². The molecule has 1 amide bonds. The van der Waals surface area contributed by atoms with E-state index in [0.717, 1.165) is 36.3 Å². The number of carbonyl (C=O) groups excluding carboxylic acids is 1. The molecular weight excluding hydrogens is 394 g/mol. The average molecular weight is 428 g/mol. The lowest BCUT2D eigenvalue weighted by Gasteiger charge is -2.33. The summed E-state index contributed by atoms with van der Waals surface area (Å²) >= 11 is 1.81. The van der Waals surface area contributed by atoms with Crippen LogP contribution < -0.4 is 0 Å². The molecular formula is C24H33N3O2S. The fourth-order valence-corrected chi connectivity index (χ4v) is 5.38. The van der Waals surface area contributed by atoms with Crippen molar-refractivity contribution in [2.75, 3.05) is 26.7 Å². The monoisotopic (exact) mass is 427 g/mol. The second kappa shape index (κ2) is 8.31. The van der Waals surface area contributed by atoms with Gasteiger partial charge in [0.05, 0.1) is 20.9 Å². The molecule has 0 spiro atoms. The van der Waals surface area contributed by atoms with Crippen molar-refractivity contribution >= 4 is 33.3 Å². The number of rotatable bonds is 2. The van der Waals surface area contributed by atoms with Gasteiger partial charge in [0.1, 0.15) is 5.60 Å². The van der Waals surface area contributed by atoms with E-state index < -0.39 is 5.60 Å². The molecule has 3 heterocycles. The molecule has 0 saturated carbocycles. The topological polar surface area (TPSA) is 45.7 Å². The zero-order valence-corrected chi connectivity index (χ0v) is 19.6. The molecule has 2 aliphatic heterocycles. The van der Waals surface area contributed by atoms with Crippen LogP contribution in [0.4, 0.5) is 4.79 Å². The Morgan fingerprint density at radius 2 is 1.97 bits per heavy atom. The van der Waals surface area contributed by atoms with Crippen LogP contribution in [-0.4, -0.2) is 53.2 Å². The average Bonchev–Trinajstić information content (AvgIpc) is 3.10. The number of likely N-dealkylation sites (tertiary alicyclic amines) is 1. The molecule has 0 N–H and O–H groups in total. The number of piperidine rings is 1. The summed E-state index contributed by atoms with van der Waals surface area (Å²) in [5, 5.41) is 1.26. The van der Waals surface area contributed by atoms with Gasteiger partial charge in [0.15, 0.2) is 0 Å². The number of ether oxygens (including phenoxy) is 1. The van der Waals surface area contributed by atoms with Crippen LogP contribution in [0.25, 0.3) is 15.9 Å². The van der Waals surface area contributed by atoms with Crippen LogP contribution in [0.1, 0.15) is 63.4 Å². The van der Waals surface area contributed by atoms with Crippen molar-refractivity contribution in [1.82, 2.24) is 14.8 Å². The highest BCUT2D eigenvalue weighted by Gasteiger charge is 2.29. The maximum absolute atomic E-state index is 12.9. The Hall–Kier alpha value is -1.92. The Labute approximate surface area is 183 Å². The molecule has 0 bridgehead atoms. The Morgan fingerprint density at radius 3 is 2.67 bits per heavy atom. The summed E-state index contributed by atoms with van der Waals surface area (Å²) in [7, 11) is 2.19. The van der Waals surface area contributed by atoms with E-state index in [1.54, 1.807) is 4.90 Å². The van der Waals surface area contributed by atoms with Crippen LogP contribution in [0.15, 0.2) is 24.3 Å². The minimum Gasteiger partial charge on any atom is -0.443 e. The molecule has 6 heteroatoms. The summed E-state index contributed by atoms with van der Waals surface area (Å²) in [5.74, 6) is 0.986. The minimum atomic E-state index is -0.506. The van der Waals surface area contributed by atoms with Crippen LogP contribution in [0.5, 0.6) is 0 Å². The lowest BCUT2D eigenvalue weighted by Crippen LogP contribution is -2.39. The maximum atomic E-state index is 12.9. The molecule has 1 saturated heterocycles. The van der Waals surface area contributed by atoms with Gasteiger partial charge in [0.25, 0.3) is 0 Å². The summed E-state index contributed by atoms with van der Waals surface area (Å²) in [6.45, 7) is 10.9. The Balaban J connectivity index is 1.61. The van der Waals surface area contributed by atoms with Crippen molar-refractivity contribution in [2.45, 2.75) is 58.5 Å². The van der Waals surface area contributed by atoms with Gasteiger partial charge in [-0.05, 0) is 83.8 Å². The number of amides is 1. The first-order valence-corrected chi connectivity index (χ1v) is 11.8. The molecule has 1 aromatic carbocycles. The fourth-order valence-electron chi connectivity index (χ4n) is 4.20. The molecule has 5 nitrogen and oxygen atoms in total. The third kappa shape index (κ3) is 4.70. The SMILES string of the molecule is C[C@H]1CC=C(c2ccc3nc(C4CCN(C)CC4)sc3c2)N(C(=O)OC(C)(C)C)C1. The molecule has 1 aromatic heterocycles. The molecule has 2 aromatic rings. The number of hydrogen-bond acceptors (Lipinski definition) is 5. The highest BCUT2D eigenvalue weighted by molar-refractivity contribution is 7.18. The number of aromatic nitrogens is 1. The molecule has 1 fully saturated rings. The Kier molecular flexibility index (Phi) is 5.90. The largest absolute Gasteiger partial charge is 0.443 e. The highest BCUT2D eigenvalue weighted by Crippen LogP contribution is 2.36. The smallest absolute Gasteiger partial charge is 0.414 e. The van der Waals surface area contributed by atoms with Gasteiger partial charge in [0, 0.05) is 12.5 Å². The summed E-state index contributed by atoms with van der Waals surface area (Å²) in [6, 6.07) is 6.40. The first-order valence-electron chi connectivity index (χ1n) is 11.0. The molecule has 0 unspecified atom stereocenters. The van der Waals surface area contributed by atoms with E-state index in [-0.39, 0.29) is 6.09 Å². The number of thiazole rings is 1. The summed E-state index contributed by atoms with van der Waals surface area (Å²) in [4.78, 5) is 22.0. The third-order valence-electron chi connectivity index (χ3n) is 5.88. The molecule has 0 radical (unpaired) electrons. The van der Waals surface area contributed by atoms with Gasteiger partial charge in [-0.2, -0.15) is 0 Å². The van der Waals surface area contributed by atoms with E-state index in [1.807, 2.05) is 32.1 Å². The summed E-state index contributed by atoms with van der Waals surface area (Å²) in [6.07, 6.45) is 5.24. The second-order valence-electron chi connectivity index (χ2n) is 9.83. The minimum absolute atomic E-state index is 0.267. The van der Waals surface area contributed by atoms with Gasteiger partial charge in [-0.15, -0.1) is 11.3 Å². The molecule has 1 atom stereocenters. The maximum Gasteiger partial charge on any atom is 0.414 e. The van der Waals surface area contributed by atoms with E-state index in [9.17, 15) is 4.79 Å². The van der Waals surface area contributed by atoms with Gasteiger partial charge < -0.3 is 9.64 Å². The van der Waals surface area contributed by atoms with Crippen molar-refractivity contribution in [3.63, 3.8) is 0 Å². The number of carbonyl (C=O) groups is 1. The normalized spacial score (nSPS) is 21.7. The van der Waals surface area contributed by atoms with Gasteiger partial charge in [-0.3, -0.25) is 4.90 Å². The van der Waals surface area contributed by atoms with E-state index in [0.29, 0.717) is 18.4 Å². The van der Waals surface area contributed by atoms with Crippen LogP contribution in [0, 0.1) is 5.92 Å². The van der Waals surface area contributed by atoms with E-state index >= 15 is 0 Å². The number of allylic oxidation sites excluding steroid dienone is 1. The van der Waals surface area contributed by atoms with Crippen LogP contribution in [0.3, 0.4) is 0 Å². The van der Waals surface area contributed by atoms with E-state index in [2.05, 4.69) is 43.1 Å². The predicted molar refractivity (Wildman–Crippen MR) is 124 cm³/mol. The number of benzene rings is 1. The highest BCUT2D eigenvalue weighted by atomic mass is 32.1. The lowest BCUT2D eigenvalue weighted by molar-refractivity contribution is 0.0327. The number of fused-ring (bicyclic) bond motifs is 1. The zero-order chi connectivity index (χ0) is 21.5. The van der Waals surface area contributed by atoms with Gasteiger partial charge in [-0.1, -0.05) is 19.1 Å². The van der Waals surface area contributed by atoms with Crippen molar-refractivity contribution in [3.8, 4) is 0 Å². The number of nitrogens with zero attached hydrogens (tertiary/aromatic N) is 3. The Morgan fingerprint density at radius 1 is 1.23 bits per heavy atom. The third-order valence-corrected chi connectivity index (χ3v) is 7.06. The van der Waals surface area contributed by atoms with E-state index in [4.69, 9.17) is 9.72 Å². The molecule has 30 heavy (non-hydrogen) atoms. The molecule has 0 aliphatic carbocycles. The predicted octanol–water partition coefficient (Wildman–Crippen LogP) is 5.72. The standard InChI is InChI=1S/C24H33N3O2S/c1-16-6-9-20(27(15-16)23(28)29-24(2,3)4)18-7-8-19-21(14-18)30-22(25-19)17-10-12-26(5)13-11-17/h7-9,14,16-17H,6,10-13,15H2,1-5H3/t16-/m0/s1.